The van der Waals surface area contributed by atoms with Gasteiger partial charge in [-0.15, -0.1) is 0 Å². The first-order valence-electron chi connectivity index (χ1n) is 7.60. The molecule has 0 bridgehead atoms. The number of hydrogen-bond acceptors (Lipinski definition) is 2. The highest BCUT2D eigenvalue weighted by Gasteiger charge is 2.41. The van der Waals surface area contributed by atoms with Gasteiger partial charge in [0, 0.05) is 12.7 Å². The fraction of sp³-hybridized carbons (Fsp3) is 0.588. The van der Waals surface area contributed by atoms with Gasteiger partial charge in [-0.3, -0.25) is 4.79 Å². The summed E-state index contributed by atoms with van der Waals surface area (Å²) in [5.74, 6) is 0.210. The van der Waals surface area contributed by atoms with E-state index in [9.17, 15) is 4.79 Å². The number of amides is 1. The molecule has 2 rings (SSSR count). The summed E-state index contributed by atoms with van der Waals surface area (Å²) in [5.41, 5.74) is 3.05. The summed E-state index contributed by atoms with van der Waals surface area (Å²) in [6, 6.07) is 6.30. The molecular weight excluding hydrogens is 248 g/mol. The van der Waals surface area contributed by atoms with E-state index in [1.54, 1.807) is 0 Å². The van der Waals surface area contributed by atoms with Crippen molar-refractivity contribution in [3.63, 3.8) is 0 Å². The van der Waals surface area contributed by atoms with Crippen LogP contribution in [-0.2, 0) is 4.79 Å². The Hall–Kier alpha value is -1.35. The van der Waals surface area contributed by atoms with Crippen LogP contribution in [0.1, 0.15) is 43.7 Å². The Morgan fingerprint density at radius 3 is 2.45 bits per heavy atom. The van der Waals surface area contributed by atoms with Crippen molar-refractivity contribution in [2.24, 2.45) is 0 Å². The lowest BCUT2D eigenvalue weighted by Crippen LogP contribution is -2.54. The fourth-order valence-electron chi connectivity index (χ4n) is 3.32. The van der Waals surface area contributed by atoms with Crippen molar-refractivity contribution in [2.45, 2.75) is 52.0 Å². The molecule has 0 spiro atoms. The van der Waals surface area contributed by atoms with Gasteiger partial charge >= 0.3 is 0 Å². The van der Waals surface area contributed by atoms with Crippen molar-refractivity contribution in [2.75, 3.05) is 18.5 Å². The normalized spacial score (nSPS) is 22.0. The summed E-state index contributed by atoms with van der Waals surface area (Å²) >= 11 is 0. The number of carbonyl (C=O) groups excluding carboxylic acids is 1. The average molecular weight is 274 g/mol. The lowest BCUT2D eigenvalue weighted by molar-refractivity contribution is -0.124. The maximum Gasteiger partial charge on any atom is 0.247 e. The first-order chi connectivity index (χ1) is 9.48. The van der Waals surface area contributed by atoms with Gasteiger partial charge in [0.1, 0.15) is 0 Å². The van der Waals surface area contributed by atoms with Crippen LogP contribution in [0.3, 0.4) is 0 Å². The van der Waals surface area contributed by atoms with Crippen molar-refractivity contribution in [1.82, 2.24) is 5.32 Å². The molecule has 1 aromatic rings. The van der Waals surface area contributed by atoms with Crippen LogP contribution in [0.4, 0.5) is 5.69 Å². The number of nitrogens with zero attached hydrogens (tertiary/aromatic N) is 1. The number of anilines is 1. The Bertz CT molecular complexity index is 470. The second-order valence-electron chi connectivity index (χ2n) is 6.07. The largest absolute Gasteiger partial charge is 0.314 e. The van der Waals surface area contributed by atoms with E-state index >= 15 is 0 Å². The van der Waals surface area contributed by atoms with E-state index in [1.807, 2.05) is 11.9 Å². The van der Waals surface area contributed by atoms with Gasteiger partial charge in [-0.05, 0) is 62.9 Å². The monoisotopic (exact) mass is 274 g/mol. The van der Waals surface area contributed by atoms with Gasteiger partial charge in [-0.2, -0.15) is 0 Å². The van der Waals surface area contributed by atoms with Crippen LogP contribution in [-0.4, -0.2) is 25.0 Å². The third kappa shape index (κ3) is 2.88. The predicted molar refractivity (Wildman–Crippen MR) is 84.2 cm³/mol. The molecule has 1 unspecified atom stereocenters. The molecule has 1 heterocycles. The molecule has 20 heavy (non-hydrogen) atoms. The lowest BCUT2D eigenvalue weighted by Gasteiger charge is -2.33. The van der Waals surface area contributed by atoms with Gasteiger partial charge in [0.05, 0.1) is 5.54 Å². The minimum atomic E-state index is -0.346. The van der Waals surface area contributed by atoms with Crippen LogP contribution < -0.4 is 10.2 Å². The summed E-state index contributed by atoms with van der Waals surface area (Å²) in [7, 11) is 1.90. The molecule has 0 radical (unpaired) electrons. The van der Waals surface area contributed by atoms with Crippen LogP contribution in [0.5, 0.6) is 0 Å². The SMILES string of the molecule is CCCC1(C(=O)N(C)c2cc(C)cc(C)c2)CCCN1. The van der Waals surface area contributed by atoms with E-state index in [4.69, 9.17) is 0 Å². The maximum absolute atomic E-state index is 12.9. The first-order valence-corrected chi connectivity index (χ1v) is 7.60. The molecule has 110 valence electrons. The molecule has 1 saturated heterocycles. The van der Waals surface area contributed by atoms with Crippen LogP contribution >= 0.6 is 0 Å². The number of rotatable bonds is 4. The Labute approximate surface area is 122 Å². The second kappa shape index (κ2) is 5.96. The number of hydrogen-bond donors (Lipinski definition) is 1. The summed E-state index contributed by atoms with van der Waals surface area (Å²) in [5, 5.41) is 3.46. The van der Waals surface area contributed by atoms with Gasteiger partial charge in [-0.1, -0.05) is 19.4 Å². The second-order valence-corrected chi connectivity index (χ2v) is 6.07. The molecule has 0 aliphatic carbocycles. The summed E-state index contributed by atoms with van der Waals surface area (Å²) < 4.78 is 0. The highest BCUT2D eigenvalue weighted by atomic mass is 16.2. The summed E-state index contributed by atoms with van der Waals surface area (Å²) in [6.07, 6.45) is 3.99. The molecule has 0 saturated carbocycles. The van der Waals surface area contributed by atoms with Crippen molar-refractivity contribution in [3.8, 4) is 0 Å². The van der Waals surface area contributed by atoms with E-state index in [1.165, 1.54) is 11.1 Å². The number of benzene rings is 1. The molecular formula is C17H26N2O. The minimum absolute atomic E-state index is 0.210. The predicted octanol–water partition coefficient (Wildman–Crippen LogP) is 3.19. The molecule has 3 heteroatoms. The molecule has 1 aliphatic heterocycles. The Morgan fingerprint density at radius 1 is 1.30 bits per heavy atom. The first kappa shape index (κ1) is 15.0. The quantitative estimate of drug-likeness (QED) is 0.914. The van der Waals surface area contributed by atoms with Gasteiger partial charge in [0.25, 0.3) is 0 Å². The topological polar surface area (TPSA) is 32.3 Å². The standard InChI is InChI=1S/C17H26N2O/c1-5-7-17(8-6-9-18-17)16(20)19(4)15-11-13(2)10-14(3)12-15/h10-12,18H,5-9H2,1-4H3. The third-order valence-corrected chi connectivity index (χ3v) is 4.23. The van der Waals surface area contributed by atoms with Crippen LogP contribution in [0.15, 0.2) is 18.2 Å². The third-order valence-electron chi connectivity index (χ3n) is 4.23. The molecule has 0 aromatic heterocycles. The fourth-order valence-corrected chi connectivity index (χ4v) is 3.32. The summed E-state index contributed by atoms with van der Waals surface area (Å²) in [4.78, 5) is 14.8. The van der Waals surface area contributed by atoms with Crippen molar-refractivity contribution >= 4 is 11.6 Å². The molecule has 1 atom stereocenters. The van der Waals surface area contributed by atoms with E-state index in [-0.39, 0.29) is 11.4 Å². The Morgan fingerprint density at radius 2 is 1.95 bits per heavy atom. The van der Waals surface area contributed by atoms with E-state index in [0.29, 0.717) is 0 Å². The molecule has 1 amide bonds. The number of carbonyl (C=O) groups is 1. The van der Waals surface area contributed by atoms with Gasteiger partial charge in [0.15, 0.2) is 0 Å². The Kier molecular flexibility index (Phi) is 4.48. The average Bonchev–Trinajstić information content (AvgIpc) is 2.86. The molecule has 1 aliphatic rings. The Balaban J connectivity index is 2.26. The maximum atomic E-state index is 12.9. The van der Waals surface area contributed by atoms with Crippen LogP contribution in [0.2, 0.25) is 0 Å². The number of likely N-dealkylation sites (N-methyl/N-ethyl adjacent to an activating group) is 1. The minimum Gasteiger partial charge on any atom is -0.314 e. The lowest BCUT2D eigenvalue weighted by atomic mass is 9.90. The highest BCUT2D eigenvalue weighted by Crippen LogP contribution is 2.29. The van der Waals surface area contributed by atoms with Gasteiger partial charge in [-0.25, -0.2) is 0 Å². The number of aryl methyl sites for hydroxylation is 2. The van der Waals surface area contributed by atoms with E-state index in [0.717, 1.165) is 37.9 Å². The smallest absolute Gasteiger partial charge is 0.247 e. The number of nitrogens with one attached hydrogen (secondary N) is 1. The zero-order valence-electron chi connectivity index (χ0n) is 13.1. The summed E-state index contributed by atoms with van der Waals surface area (Å²) in [6.45, 7) is 7.24. The molecule has 3 nitrogen and oxygen atoms in total. The van der Waals surface area contributed by atoms with Gasteiger partial charge in [0.2, 0.25) is 5.91 Å². The molecule has 1 fully saturated rings. The molecule has 1 aromatic carbocycles. The molecule has 1 N–H and O–H groups in total. The van der Waals surface area contributed by atoms with E-state index in [2.05, 4.69) is 44.3 Å². The van der Waals surface area contributed by atoms with Crippen molar-refractivity contribution < 1.29 is 4.79 Å². The zero-order valence-corrected chi connectivity index (χ0v) is 13.1. The highest BCUT2D eigenvalue weighted by molar-refractivity contribution is 6.00. The van der Waals surface area contributed by atoms with Crippen molar-refractivity contribution in [1.29, 1.82) is 0 Å². The zero-order chi connectivity index (χ0) is 14.8. The van der Waals surface area contributed by atoms with Crippen LogP contribution in [0.25, 0.3) is 0 Å². The van der Waals surface area contributed by atoms with Gasteiger partial charge < -0.3 is 10.2 Å². The van der Waals surface area contributed by atoms with E-state index < -0.39 is 0 Å². The van der Waals surface area contributed by atoms with Crippen LogP contribution in [0, 0.1) is 13.8 Å². The van der Waals surface area contributed by atoms with Crippen molar-refractivity contribution in [3.05, 3.63) is 29.3 Å².